The van der Waals surface area contributed by atoms with Gasteiger partial charge in [0.25, 0.3) is 0 Å². The predicted octanol–water partition coefficient (Wildman–Crippen LogP) is 3.10. The first kappa shape index (κ1) is 14.4. The Balaban J connectivity index is 1.81. The minimum absolute atomic E-state index is 0.0746. The minimum atomic E-state index is -0.413. The van der Waals surface area contributed by atoms with Gasteiger partial charge in [-0.05, 0) is 5.56 Å². The molecule has 0 radical (unpaired) electrons. The first-order valence-corrected chi connectivity index (χ1v) is 7.18. The number of aromatic nitrogens is 1. The molecule has 0 saturated heterocycles. The molecular formula is C15H15NO3S. The topological polar surface area (TPSA) is 56.3 Å². The van der Waals surface area contributed by atoms with Gasteiger partial charge in [-0.2, -0.15) is 0 Å². The molecule has 0 amide bonds. The number of esters is 1. The van der Waals surface area contributed by atoms with E-state index in [1.165, 1.54) is 11.3 Å². The molecule has 0 fully saturated rings. The molecule has 1 heterocycles. The molecule has 0 bridgehead atoms. The van der Waals surface area contributed by atoms with Gasteiger partial charge in [0, 0.05) is 17.5 Å². The highest BCUT2D eigenvalue weighted by atomic mass is 32.1. The largest absolute Gasteiger partial charge is 0.461 e. The standard InChI is InChI=1S/C15H15NO3S/c1-11(14(18)15-16-7-8-20-15)9-13(17)19-10-12-5-3-2-4-6-12/h2-8,11H,9-10H2,1H3/t11-/m1/s1. The van der Waals surface area contributed by atoms with Gasteiger partial charge in [-0.1, -0.05) is 37.3 Å². The van der Waals surface area contributed by atoms with E-state index in [0.717, 1.165) is 5.56 Å². The highest BCUT2D eigenvalue weighted by Gasteiger charge is 2.21. The van der Waals surface area contributed by atoms with Crippen molar-refractivity contribution in [2.45, 2.75) is 20.0 Å². The van der Waals surface area contributed by atoms with Gasteiger partial charge in [0.15, 0.2) is 10.8 Å². The van der Waals surface area contributed by atoms with E-state index in [-0.39, 0.29) is 24.8 Å². The van der Waals surface area contributed by atoms with E-state index in [9.17, 15) is 9.59 Å². The number of benzene rings is 1. The van der Waals surface area contributed by atoms with E-state index >= 15 is 0 Å². The van der Waals surface area contributed by atoms with Crippen molar-refractivity contribution in [2.75, 3.05) is 0 Å². The van der Waals surface area contributed by atoms with Gasteiger partial charge < -0.3 is 4.74 Å². The van der Waals surface area contributed by atoms with Crippen molar-refractivity contribution >= 4 is 23.1 Å². The summed E-state index contributed by atoms with van der Waals surface area (Å²) in [5.74, 6) is -0.896. The van der Waals surface area contributed by atoms with Crippen LogP contribution in [0.3, 0.4) is 0 Å². The van der Waals surface area contributed by atoms with Crippen LogP contribution in [0.4, 0.5) is 0 Å². The van der Waals surface area contributed by atoms with E-state index in [0.29, 0.717) is 5.01 Å². The first-order valence-electron chi connectivity index (χ1n) is 6.30. The number of ketones is 1. The van der Waals surface area contributed by atoms with E-state index in [1.54, 1.807) is 18.5 Å². The summed E-state index contributed by atoms with van der Waals surface area (Å²) in [6.45, 7) is 1.95. The van der Waals surface area contributed by atoms with E-state index < -0.39 is 5.92 Å². The summed E-state index contributed by atoms with van der Waals surface area (Å²) in [5.41, 5.74) is 0.930. The summed E-state index contributed by atoms with van der Waals surface area (Å²) >= 11 is 1.28. The molecule has 0 aliphatic rings. The number of Topliss-reactive ketones (excluding diaryl/α,β-unsaturated/α-hetero) is 1. The van der Waals surface area contributed by atoms with Crippen molar-refractivity contribution in [1.82, 2.24) is 4.98 Å². The number of hydrogen-bond donors (Lipinski definition) is 0. The monoisotopic (exact) mass is 289 g/mol. The second kappa shape index (κ2) is 6.96. The molecule has 1 atom stereocenters. The maximum absolute atomic E-state index is 12.0. The average molecular weight is 289 g/mol. The quantitative estimate of drug-likeness (QED) is 0.605. The third-order valence-electron chi connectivity index (χ3n) is 2.81. The summed E-state index contributed by atoms with van der Waals surface area (Å²) in [6, 6.07) is 9.45. The Bertz CT molecular complexity index is 566. The predicted molar refractivity (Wildman–Crippen MR) is 76.5 cm³/mol. The maximum Gasteiger partial charge on any atom is 0.306 e. The van der Waals surface area contributed by atoms with Crippen LogP contribution >= 0.6 is 11.3 Å². The molecule has 0 aliphatic carbocycles. The van der Waals surface area contributed by atoms with Crippen molar-refractivity contribution in [2.24, 2.45) is 5.92 Å². The highest BCUT2D eigenvalue weighted by Crippen LogP contribution is 2.15. The third-order valence-corrected chi connectivity index (χ3v) is 3.59. The van der Waals surface area contributed by atoms with Gasteiger partial charge in [0.2, 0.25) is 0 Å². The van der Waals surface area contributed by atoms with Crippen molar-refractivity contribution < 1.29 is 14.3 Å². The zero-order valence-electron chi connectivity index (χ0n) is 11.1. The number of carbonyl (C=O) groups is 2. The van der Waals surface area contributed by atoms with Crippen LogP contribution in [0.15, 0.2) is 41.9 Å². The van der Waals surface area contributed by atoms with Crippen LogP contribution in [0.5, 0.6) is 0 Å². The number of hydrogen-bond acceptors (Lipinski definition) is 5. The zero-order chi connectivity index (χ0) is 14.4. The Hall–Kier alpha value is -2.01. The molecule has 4 nitrogen and oxygen atoms in total. The lowest BCUT2D eigenvalue weighted by Gasteiger charge is -2.09. The summed E-state index contributed by atoms with van der Waals surface area (Å²) in [6.07, 6.45) is 1.66. The molecule has 1 aromatic carbocycles. The molecule has 2 aromatic rings. The first-order chi connectivity index (χ1) is 9.66. The van der Waals surface area contributed by atoms with Crippen LogP contribution in [0, 0.1) is 5.92 Å². The summed E-state index contributed by atoms with van der Waals surface area (Å²) < 4.78 is 5.16. The van der Waals surface area contributed by atoms with Crippen LogP contribution in [-0.2, 0) is 16.1 Å². The Morgan fingerprint density at radius 3 is 2.70 bits per heavy atom. The lowest BCUT2D eigenvalue weighted by molar-refractivity contribution is -0.145. The number of rotatable bonds is 6. The van der Waals surface area contributed by atoms with E-state index in [2.05, 4.69) is 4.98 Å². The minimum Gasteiger partial charge on any atom is -0.461 e. The van der Waals surface area contributed by atoms with Crippen molar-refractivity contribution in [3.8, 4) is 0 Å². The van der Waals surface area contributed by atoms with Crippen molar-refractivity contribution in [1.29, 1.82) is 0 Å². The molecule has 0 aliphatic heterocycles. The van der Waals surface area contributed by atoms with Crippen molar-refractivity contribution in [3.63, 3.8) is 0 Å². The zero-order valence-corrected chi connectivity index (χ0v) is 11.9. The Morgan fingerprint density at radius 1 is 1.30 bits per heavy atom. The summed E-state index contributed by atoms with van der Waals surface area (Å²) in [5, 5.41) is 2.18. The molecule has 0 spiro atoms. The molecule has 5 heteroatoms. The third kappa shape index (κ3) is 3.99. The fourth-order valence-electron chi connectivity index (χ4n) is 1.70. The van der Waals surface area contributed by atoms with Crippen LogP contribution in [0.1, 0.15) is 28.7 Å². The Labute approximate surface area is 121 Å². The number of carbonyl (C=O) groups excluding carboxylic acids is 2. The second-order valence-electron chi connectivity index (χ2n) is 4.45. The van der Waals surface area contributed by atoms with Gasteiger partial charge in [0.1, 0.15) is 6.61 Å². The molecule has 0 N–H and O–H groups in total. The van der Waals surface area contributed by atoms with Gasteiger partial charge in [-0.25, -0.2) is 4.98 Å². The van der Waals surface area contributed by atoms with Gasteiger partial charge in [-0.15, -0.1) is 11.3 Å². The van der Waals surface area contributed by atoms with Gasteiger partial charge in [0.05, 0.1) is 6.42 Å². The Kier molecular flexibility index (Phi) is 5.01. The van der Waals surface area contributed by atoms with E-state index in [4.69, 9.17) is 4.74 Å². The van der Waals surface area contributed by atoms with Crippen LogP contribution in [0.2, 0.25) is 0 Å². The average Bonchev–Trinajstić information content (AvgIpc) is 2.99. The molecular weight excluding hydrogens is 274 g/mol. The van der Waals surface area contributed by atoms with Crippen LogP contribution in [0.25, 0.3) is 0 Å². The summed E-state index contributed by atoms with van der Waals surface area (Å²) in [4.78, 5) is 27.6. The molecule has 20 heavy (non-hydrogen) atoms. The fourth-order valence-corrected chi connectivity index (χ4v) is 2.39. The lowest BCUT2D eigenvalue weighted by atomic mass is 10.0. The van der Waals surface area contributed by atoms with Gasteiger partial charge in [-0.3, -0.25) is 9.59 Å². The van der Waals surface area contributed by atoms with Crippen molar-refractivity contribution in [3.05, 3.63) is 52.5 Å². The van der Waals surface area contributed by atoms with Gasteiger partial charge >= 0.3 is 5.97 Å². The lowest BCUT2D eigenvalue weighted by Crippen LogP contribution is -2.17. The fraction of sp³-hybridized carbons (Fsp3) is 0.267. The molecule has 0 unspecified atom stereocenters. The number of thiazole rings is 1. The smallest absolute Gasteiger partial charge is 0.306 e. The SMILES string of the molecule is C[C@H](CC(=O)OCc1ccccc1)C(=O)c1nccs1. The molecule has 104 valence electrons. The van der Waals surface area contributed by atoms with Crippen LogP contribution in [-0.4, -0.2) is 16.7 Å². The molecule has 2 rings (SSSR count). The molecule has 1 aromatic heterocycles. The maximum atomic E-state index is 12.0. The number of ether oxygens (including phenoxy) is 1. The highest BCUT2D eigenvalue weighted by molar-refractivity contribution is 7.11. The second-order valence-corrected chi connectivity index (χ2v) is 5.35. The van der Waals surface area contributed by atoms with E-state index in [1.807, 2.05) is 30.3 Å². The molecule has 0 saturated carbocycles. The van der Waals surface area contributed by atoms with Crippen LogP contribution < -0.4 is 0 Å². The Morgan fingerprint density at radius 2 is 2.05 bits per heavy atom. The summed E-state index contributed by atoms with van der Waals surface area (Å²) in [7, 11) is 0. The number of nitrogens with zero attached hydrogens (tertiary/aromatic N) is 1. The normalized spacial score (nSPS) is 11.8.